The lowest BCUT2D eigenvalue weighted by Crippen LogP contribution is -2.28. The van der Waals surface area contributed by atoms with Crippen LogP contribution in [0.1, 0.15) is 15.9 Å². The van der Waals surface area contributed by atoms with Crippen molar-refractivity contribution in [1.82, 2.24) is 15.5 Å². The molecular weight excluding hydrogens is 276 g/mol. The number of aryl methyl sites for hydroxylation is 1. The van der Waals surface area contributed by atoms with E-state index in [9.17, 15) is 4.79 Å². The van der Waals surface area contributed by atoms with E-state index in [0.29, 0.717) is 29.6 Å². The van der Waals surface area contributed by atoms with Crippen molar-refractivity contribution in [2.24, 2.45) is 0 Å². The van der Waals surface area contributed by atoms with Crippen molar-refractivity contribution in [2.45, 2.75) is 6.92 Å². The molecule has 0 radical (unpaired) electrons. The molecule has 0 atom stereocenters. The average molecular weight is 291 g/mol. The van der Waals surface area contributed by atoms with E-state index in [1.165, 1.54) is 0 Å². The number of hydrogen-bond donors (Lipinski definition) is 2. The number of carbonyl (C=O) groups is 1. The Labute approximate surface area is 122 Å². The summed E-state index contributed by atoms with van der Waals surface area (Å²) < 4.78 is 0. The van der Waals surface area contributed by atoms with Gasteiger partial charge in [-0.2, -0.15) is 0 Å². The first-order valence-corrected chi connectivity index (χ1v) is 6.61. The predicted octanol–water partition coefficient (Wildman–Crippen LogP) is 2.28. The highest BCUT2D eigenvalue weighted by Crippen LogP contribution is 2.05. The summed E-state index contributed by atoms with van der Waals surface area (Å²) >= 11 is 5.64. The summed E-state index contributed by atoms with van der Waals surface area (Å²) in [5.41, 5.74) is 1.78. The summed E-state index contributed by atoms with van der Waals surface area (Å²) in [6, 6.07) is 10.8. The number of aromatic nitrogens is 2. The molecule has 1 amide bonds. The molecule has 1 aromatic heterocycles. The van der Waals surface area contributed by atoms with Crippen LogP contribution in [0.3, 0.4) is 0 Å². The van der Waals surface area contributed by atoms with E-state index in [0.717, 1.165) is 5.56 Å². The van der Waals surface area contributed by atoms with E-state index in [-0.39, 0.29) is 5.91 Å². The number of amides is 1. The van der Waals surface area contributed by atoms with Gasteiger partial charge in [-0.25, -0.2) is 0 Å². The molecule has 0 aliphatic carbocycles. The van der Waals surface area contributed by atoms with Crippen molar-refractivity contribution in [1.29, 1.82) is 0 Å². The largest absolute Gasteiger partial charge is 0.367 e. The normalized spacial score (nSPS) is 10.1. The number of nitrogens with one attached hydrogen (secondary N) is 2. The van der Waals surface area contributed by atoms with Crippen LogP contribution in [-0.2, 0) is 0 Å². The average Bonchev–Trinajstić information content (AvgIpc) is 2.46. The van der Waals surface area contributed by atoms with Crippen LogP contribution >= 0.6 is 11.6 Å². The molecule has 104 valence electrons. The van der Waals surface area contributed by atoms with Crippen molar-refractivity contribution in [3.05, 3.63) is 52.7 Å². The molecule has 0 aliphatic rings. The highest BCUT2D eigenvalue weighted by Gasteiger charge is 2.03. The number of hydrogen-bond acceptors (Lipinski definition) is 4. The summed E-state index contributed by atoms with van der Waals surface area (Å²) in [5, 5.41) is 13.8. The minimum Gasteiger partial charge on any atom is -0.367 e. The molecule has 0 bridgehead atoms. The third-order valence-electron chi connectivity index (χ3n) is 2.66. The lowest BCUT2D eigenvalue weighted by atomic mass is 10.1. The molecule has 0 aliphatic heterocycles. The van der Waals surface area contributed by atoms with Crippen LogP contribution in [0.25, 0.3) is 0 Å². The third-order valence-corrected chi connectivity index (χ3v) is 2.86. The standard InChI is InChI=1S/C14H15ClN4O/c1-10-2-4-11(5-3-10)14(20)17-9-8-16-13-7-6-12(15)18-19-13/h2-7H,8-9H2,1H3,(H,16,19)(H,17,20). The van der Waals surface area contributed by atoms with Gasteiger partial charge >= 0.3 is 0 Å². The van der Waals surface area contributed by atoms with Gasteiger partial charge in [0.25, 0.3) is 5.91 Å². The smallest absolute Gasteiger partial charge is 0.251 e. The molecule has 1 heterocycles. The number of anilines is 1. The second-order valence-corrected chi connectivity index (χ2v) is 4.68. The number of nitrogens with zero attached hydrogens (tertiary/aromatic N) is 2. The van der Waals surface area contributed by atoms with E-state index in [1.54, 1.807) is 12.1 Å². The molecule has 6 heteroatoms. The van der Waals surface area contributed by atoms with Crippen molar-refractivity contribution in [3.8, 4) is 0 Å². The van der Waals surface area contributed by atoms with Gasteiger partial charge < -0.3 is 10.6 Å². The molecule has 0 saturated heterocycles. The second kappa shape index (κ2) is 6.86. The van der Waals surface area contributed by atoms with Crippen LogP contribution < -0.4 is 10.6 Å². The summed E-state index contributed by atoms with van der Waals surface area (Å²) in [4.78, 5) is 11.8. The van der Waals surface area contributed by atoms with Gasteiger partial charge in [-0.1, -0.05) is 29.3 Å². The topological polar surface area (TPSA) is 66.9 Å². The highest BCUT2D eigenvalue weighted by atomic mass is 35.5. The van der Waals surface area contributed by atoms with Gasteiger partial charge in [0.15, 0.2) is 5.15 Å². The molecular formula is C14H15ClN4O. The molecule has 20 heavy (non-hydrogen) atoms. The first-order chi connectivity index (χ1) is 9.65. The minimum absolute atomic E-state index is 0.0889. The lowest BCUT2D eigenvalue weighted by molar-refractivity contribution is 0.0955. The maximum atomic E-state index is 11.8. The van der Waals surface area contributed by atoms with Crippen molar-refractivity contribution in [3.63, 3.8) is 0 Å². The Hall–Kier alpha value is -2.14. The number of carbonyl (C=O) groups excluding carboxylic acids is 1. The molecule has 0 fully saturated rings. The molecule has 2 aromatic rings. The Balaban J connectivity index is 1.74. The van der Waals surface area contributed by atoms with Gasteiger partial charge in [0.2, 0.25) is 0 Å². The SMILES string of the molecule is Cc1ccc(C(=O)NCCNc2ccc(Cl)nn2)cc1. The third kappa shape index (κ3) is 4.20. The van der Waals surface area contributed by atoms with Crippen LogP contribution in [0.15, 0.2) is 36.4 Å². The fraction of sp³-hybridized carbons (Fsp3) is 0.214. The zero-order chi connectivity index (χ0) is 14.4. The zero-order valence-electron chi connectivity index (χ0n) is 11.1. The van der Waals surface area contributed by atoms with E-state index in [1.807, 2.05) is 31.2 Å². The van der Waals surface area contributed by atoms with E-state index >= 15 is 0 Å². The predicted molar refractivity (Wildman–Crippen MR) is 79.0 cm³/mol. The molecule has 2 rings (SSSR count). The van der Waals surface area contributed by atoms with Gasteiger partial charge in [0.05, 0.1) is 0 Å². The Morgan fingerprint density at radius 2 is 1.85 bits per heavy atom. The van der Waals surface area contributed by atoms with Crippen molar-refractivity contribution < 1.29 is 4.79 Å². The quantitative estimate of drug-likeness (QED) is 0.829. The van der Waals surface area contributed by atoms with Crippen molar-refractivity contribution >= 4 is 23.3 Å². The Kier molecular flexibility index (Phi) is 4.90. The minimum atomic E-state index is -0.0889. The van der Waals surface area contributed by atoms with Gasteiger partial charge in [-0.3, -0.25) is 4.79 Å². The first-order valence-electron chi connectivity index (χ1n) is 6.23. The van der Waals surface area contributed by atoms with Crippen LogP contribution in [0.2, 0.25) is 5.15 Å². The van der Waals surface area contributed by atoms with E-state index in [2.05, 4.69) is 20.8 Å². The van der Waals surface area contributed by atoms with Gasteiger partial charge in [0, 0.05) is 18.7 Å². The highest BCUT2D eigenvalue weighted by molar-refractivity contribution is 6.29. The zero-order valence-corrected chi connectivity index (χ0v) is 11.8. The van der Waals surface area contributed by atoms with Crippen LogP contribution in [0, 0.1) is 6.92 Å². The van der Waals surface area contributed by atoms with Crippen molar-refractivity contribution in [2.75, 3.05) is 18.4 Å². The monoisotopic (exact) mass is 290 g/mol. The number of halogens is 1. The summed E-state index contributed by atoms with van der Waals surface area (Å²) in [5.74, 6) is 0.535. The van der Waals surface area contributed by atoms with Crippen LogP contribution in [0.5, 0.6) is 0 Å². The Morgan fingerprint density at radius 3 is 2.50 bits per heavy atom. The van der Waals surface area contributed by atoms with Gasteiger partial charge in [-0.15, -0.1) is 10.2 Å². The van der Waals surface area contributed by atoms with Gasteiger partial charge in [-0.05, 0) is 31.2 Å². The maximum Gasteiger partial charge on any atom is 0.251 e. The molecule has 1 aromatic carbocycles. The van der Waals surface area contributed by atoms with E-state index < -0.39 is 0 Å². The molecule has 0 spiro atoms. The fourth-order valence-corrected chi connectivity index (χ4v) is 1.68. The Bertz CT molecular complexity index is 569. The van der Waals surface area contributed by atoms with Crippen LogP contribution in [-0.4, -0.2) is 29.2 Å². The Morgan fingerprint density at radius 1 is 1.10 bits per heavy atom. The number of benzene rings is 1. The molecule has 2 N–H and O–H groups in total. The number of rotatable bonds is 5. The summed E-state index contributed by atoms with van der Waals surface area (Å²) in [6.45, 7) is 3.05. The lowest BCUT2D eigenvalue weighted by Gasteiger charge is -2.07. The molecule has 0 saturated carbocycles. The fourth-order valence-electron chi connectivity index (χ4n) is 1.58. The van der Waals surface area contributed by atoms with E-state index in [4.69, 9.17) is 11.6 Å². The van der Waals surface area contributed by atoms with Gasteiger partial charge in [0.1, 0.15) is 5.82 Å². The molecule has 5 nitrogen and oxygen atoms in total. The first kappa shape index (κ1) is 14.3. The maximum absolute atomic E-state index is 11.8. The molecule has 0 unspecified atom stereocenters. The summed E-state index contributed by atoms with van der Waals surface area (Å²) in [6.07, 6.45) is 0. The second-order valence-electron chi connectivity index (χ2n) is 4.29. The van der Waals surface area contributed by atoms with Crippen LogP contribution in [0.4, 0.5) is 5.82 Å². The summed E-state index contributed by atoms with van der Waals surface area (Å²) in [7, 11) is 0.